The molecule has 1 heterocycles. The maximum Gasteiger partial charge on any atom is 0.231 e. The number of piperidine rings is 1. The standard InChI is InChI=1S/C17H27N3O/c1-13-9-14(18)11-20(10-13)12-17(2,3)16(21)19-15-7-5-4-6-8-15/h4-8,13-14H,9-12,18H2,1-3H3,(H,19,21). The number of anilines is 1. The van der Waals surface area contributed by atoms with Crippen LogP contribution in [0.1, 0.15) is 27.2 Å². The fourth-order valence-corrected chi connectivity index (χ4v) is 3.09. The van der Waals surface area contributed by atoms with Crippen molar-refractivity contribution in [1.82, 2.24) is 4.90 Å². The molecule has 0 radical (unpaired) electrons. The van der Waals surface area contributed by atoms with Gasteiger partial charge in [-0.3, -0.25) is 4.79 Å². The largest absolute Gasteiger partial charge is 0.327 e. The Morgan fingerprint density at radius 3 is 2.62 bits per heavy atom. The van der Waals surface area contributed by atoms with E-state index in [-0.39, 0.29) is 11.9 Å². The molecule has 21 heavy (non-hydrogen) atoms. The van der Waals surface area contributed by atoms with Gasteiger partial charge in [-0.25, -0.2) is 0 Å². The van der Waals surface area contributed by atoms with Crippen LogP contribution in [-0.4, -0.2) is 36.5 Å². The summed E-state index contributed by atoms with van der Waals surface area (Å²) in [5.41, 5.74) is 6.50. The summed E-state index contributed by atoms with van der Waals surface area (Å²) in [6.07, 6.45) is 1.08. The molecule has 1 aliphatic rings. The number of hydrogen-bond donors (Lipinski definition) is 2. The maximum atomic E-state index is 12.5. The Kier molecular flexibility index (Phi) is 5.01. The van der Waals surface area contributed by atoms with Crippen LogP contribution in [0.2, 0.25) is 0 Å². The van der Waals surface area contributed by atoms with E-state index in [0.29, 0.717) is 5.92 Å². The Morgan fingerprint density at radius 1 is 1.33 bits per heavy atom. The smallest absolute Gasteiger partial charge is 0.231 e. The summed E-state index contributed by atoms with van der Waals surface area (Å²) in [6.45, 7) is 8.86. The molecule has 0 bridgehead atoms. The molecule has 4 heteroatoms. The van der Waals surface area contributed by atoms with Crippen LogP contribution in [-0.2, 0) is 4.79 Å². The van der Waals surface area contributed by atoms with E-state index in [1.807, 2.05) is 44.2 Å². The first-order valence-corrected chi connectivity index (χ1v) is 7.71. The van der Waals surface area contributed by atoms with Crippen molar-refractivity contribution in [1.29, 1.82) is 0 Å². The third-order valence-corrected chi connectivity index (χ3v) is 4.03. The lowest BCUT2D eigenvalue weighted by Gasteiger charge is -2.38. The monoisotopic (exact) mass is 289 g/mol. The second-order valence-electron chi connectivity index (χ2n) is 7.00. The summed E-state index contributed by atoms with van der Waals surface area (Å²) >= 11 is 0. The van der Waals surface area contributed by atoms with Crippen molar-refractivity contribution < 1.29 is 4.79 Å². The predicted octanol–water partition coefficient (Wildman–Crippen LogP) is 2.32. The minimum atomic E-state index is -0.438. The van der Waals surface area contributed by atoms with Gasteiger partial charge in [0.05, 0.1) is 5.41 Å². The molecule has 0 aliphatic carbocycles. The van der Waals surface area contributed by atoms with Crippen molar-refractivity contribution in [3.8, 4) is 0 Å². The van der Waals surface area contributed by atoms with Gasteiger partial charge in [-0.1, -0.05) is 25.1 Å². The quantitative estimate of drug-likeness (QED) is 0.894. The third-order valence-electron chi connectivity index (χ3n) is 4.03. The average molecular weight is 289 g/mol. The van der Waals surface area contributed by atoms with Gasteiger partial charge in [0.1, 0.15) is 0 Å². The first-order valence-electron chi connectivity index (χ1n) is 7.71. The van der Waals surface area contributed by atoms with Gasteiger partial charge in [-0.05, 0) is 38.3 Å². The summed E-state index contributed by atoms with van der Waals surface area (Å²) in [6, 6.07) is 9.83. The lowest BCUT2D eigenvalue weighted by atomic mass is 9.88. The average Bonchev–Trinajstić information content (AvgIpc) is 2.37. The number of nitrogens with one attached hydrogen (secondary N) is 1. The number of nitrogens with zero attached hydrogens (tertiary/aromatic N) is 1. The molecule has 1 amide bonds. The molecule has 0 aromatic heterocycles. The molecule has 2 unspecified atom stereocenters. The molecule has 3 N–H and O–H groups in total. The zero-order valence-electron chi connectivity index (χ0n) is 13.3. The molecular weight excluding hydrogens is 262 g/mol. The summed E-state index contributed by atoms with van der Waals surface area (Å²) in [5.74, 6) is 0.655. The summed E-state index contributed by atoms with van der Waals surface area (Å²) in [4.78, 5) is 14.8. The minimum Gasteiger partial charge on any atom is -0.327 e. The summed E-state index contributed by atoms with van der Waals surface area (Å²) in [7, 11) is 0. The van der Waals surface area contributed by atoms with Crippen LogP contribution < -0.4 is 11.1 Å². The topological polar surface area (TPSA) is 58.4 Å². The van der Waals surface area contributed by atoms with Crippen molar-refractivity contribution in [3.05, 3.63) is 30.3 Å². The molecule has 0 spiro atoms. The third kappa shape index (κ3) is 4.55. The van der Waals surface area contributed by atoms with E-state index in [9.17, 15) is 4.79 Å². The van der Waals surface area contributed by atoms with Crippen molar-refractivity contribution in [3.63, 3.8) is 0 Å². The van der Waals surface area contributed by atoms with Crippen LogP contribution in [0.4, 0.5) is 5.69 Å². The molecule has 0 saturated carbocycles. The van der Waals surface area contributed by atoms with Crippen molar-refractivity contribution >= 4 is 11.6 Å². The first kappa shape index (κ1) is 16.0. The van der Waals surface area contributed by atoms with Gasteiger partial charge >= 0.3 is 0 Å². The van der Waals surface area contributed by atoms with Crippen LogP contribution in [0.25, 0.3) is 0 Å². The molecule has 1 aromatic rings. The number of nitrogens with two attached hydrogens (primary N) is 1. The van der Waals surface area contributed by atoms with E-state index in [2.05, 4.69) is 17.1 Å². The number of carbonyl (C=O) groups is 1. The van der Waals surface area contributed by atoms with E-state index in [1.54, 1.807) is 0 Å². The van der Waals surface area contributed by atoms with Gasteiger partial charge in [-0.2, -0.15) is 0 Å². The highest BCUT2D eigenvalue weighted by Crippen LogP contribution is 2.24. The van der Waals surface area contributed by atoms with Gasteiger partial charge in [0.2, 0.25) is 5.91 Å². The van der Waals surface area contributed by atoms with E-state index in [0.717, 1.165) is 31.7 Å². The first-order chi connectivity index (χ1) is 9.87. The minimum absolute atomic E-state index is 0.0560. The molecule has 1 fully saturated rings. The van der Waals surface area contributed by atoms with Gasteiger partial charge in [0.15, 0.2) is 0 Å². The number of rotatable bonds is 4. The second kappa shape index (κ2) is 6.58. The Morgan fingerprint density at radius 2 is 2.00 bits per heavy atom. The van der Waals surface area contributed by atoms with Gasteiger partial charge in [-0.15, -0.1) is 0 Å². The lowest BCUT2D eigenvalue weighted by Crippen LogP contribution is -2.51. The fraction of sp³-hybridized carbons (Fsp3) is 0.588. The number of amides is 1. The highest BCUT2D eigenvalue weighted by atomic mass is 16.2. The van der Waals surface area contributed by atoms with Crippen molar-refractivity contribution in [2.24, 2.45) is 17.1 Å². The Labute approximate surface area is 127 Å². The Bertz CT molecular complexity index is 462. The number of likely N-dealkylation sites (tertiary alicyclic amines) is 1. The van der Waals surface area contributed by atoms with Crippen LogP contribution in [0.5, 0.6) is 0 Å². The molecule has 2 rings (SSSR count). The van der Waals surface area contributed by atoms with Gasteiger partial charge in [0.25, 0.3) is 0 Å². The number of carbonyl (C=O) groups excluding carboxylic acids is 1. The Hall–Kier alpha value is -1.39. The second-order valence-corrected chi connectivity index (χ2v) is 7.00. The fourth-order valence-electron chi connectivity index (χ4n) is 3.09. The highest BCUT2D eigenvalue weighted by Gasteiger charge is 2.33. The summed E-state index contributed by atoms with van der Waals surface area (Å²) < 4.78 is 0. The van der Waals surface area contributed by atoms with Crippen LogP contribution in [0, 0.1) is 11.3 Å². The van der Waals surface area contributed by atoms with E-state index in [1.165, 1.54) is 0 Å². The normalized spacial score (nSPS) is 23.8. The number of hydrogen-bond acceptors (Lipinski definition) is 3. The van der Waals surface area contributed by atoms with E-state index in [4.69, 9.17) is 5.73 Å². The molecule has 1 aromatic carbocycles. The van der Waals surface area contributed by atoms with Gasteiger partial charge in [0, 0.05) is 31.4 Å². The molecule has 1 saturated heterocycles. The number of benzene rings is 1. The van der Waals surface area contributed by atoms with Crippen LogP contribution in [0.15, 0.2) is 30.3 Å². The van der Waals surface area contributed by atoms with Crippen molar-refractivity contribution in [2.75, 3.05) is 25.0 Å². The van der Waals surface area contributed by atoms with E-state index < -0.39 is 5.41 Å². The van der Waals surface area contributed by atoms with Crippen LogP contribution in [0.3, 0.4) is 0 Å². The molecular formula is C17H27N3O. The van der Waals surface area contributed by atoms with E-state index >= 15 is 0 Å². The van der Waals surface area contributed by atoms with Crippen molar-refractivity contribution in [2.45, 2.75) is 33.2 Å². The zero-order valence-corrected chi connectivity index (χ0v) is 13.3. The van der Waals surface area contributed by atoms with Crippen LogP contribution >= 0.6 is 0 Å². The molecule has 4 nitrogen and oxygen atoms in total. The molecule has 1 aliphatic heterocycles. The molecule has 116 valence electrons. The number of para-hydroxylation sites is 1. The highest BCUT2D eigenvalue weighted by molar-refractivity contribution is 5.94. The zero-order chi connectivity index (χ0) is 15.5. The lowest BCUT2D eigenvalue weighted by molar-refractivity contribution is -0.125. The maximum absolute atomic E-state index is 12.5. The van der Waals surface area contributed by atoms with Gasteiger partial charge < -0.3 is 16.0 Å². The predicted molar refractivity (Wildman–Crippen MR) is 87.0 cm³/mol. The Balaban J connectivity index is 1.95. The molecule has 2 atom stereocenters. The summed E-state index contributed by atoms with van der Waals surface area (Å²) in [5, 5.41) is 3.00. The SMILES string of the molecule is CC1CC(N)CN(CC(C)(C)C(=O)Nc2ccccc2)C1.